The summed E-state index contributed by atoms with van der Waals surface area (Å²) in [6, 6.07) is 8.65. The molecule has 1 aliphatic heterocycles. The van der Waals surface area contributed by atoms with E-state index < -0.39 is 0 Å². The fourth-order valence-electron chi connectivity index (χ4n) is 1.97. The van der Waals surface area contributed by atoms with Gasteiger partial charge in [-0.05, 0) is 43.6 Å². The molecule has 16 heavy (non-hydrogen) atoms. The van der Waals surface area contributed by atoms with Crippen LogP contribution in [0.5, 0.6) is 0 Å². The van der Waals surface area contributed by atoms with E-state index >= 15 is 0 Å². The molecule has 0 atom stereocenters. The summed E-state index contributed by atoms with van der Waals surface area (Å²) in [7, 11) is 0. The molecule has 0 radical (unpaired) electrons. The molecular weight excluding hydrogens is 282 g/mol. The molecule has 0 aliphatic carbocycles. The maximum absolute atomic E-state index is 3.46. The zero-order valence-electron chi connectivity index (χ0n) is 9.49. The number of thioether (sulfide) groups is 1. The van der Waals surface area contributed by atoms with Crippen molar-refractivity contribution in [3.05, 3.63) is 34.3 Å². The molecule has 0 saturated carbocycles. The van der Waals surface area contributed by atoms with Crippen molar-refractivity contribution in [2.24, 2.45) is 0 Å². The van der Waals surface area contributed by atoms with Gasteiger partial charge in [-0.2, -0.15) is 11.8 Å². The van der Waals surface area contributed by atoms with Crippen LogP contribution in [0.3, 0.4) is 0 Å². The Bertz CT molecular complexity index is 306. The number of hydrogen-bond acceptors (Lipinski definition) is 2. The van der Waals surface area contributed by atoms with E-state index in [2.05, 4.69) is 45.1 Å². The molecule has 0 bridgehead atoms. The highest BCUT2D eigenvalue weighted by molar-refractivity contribution is 9.10. The second-order valence-corrected chi connectivity index (χ2v) is 6.25. The minimum absolute atomic E-state index is 1.14. The lowest BCUT2D eigenvalue weighted by Crippen LogP contribution is -2.21. The van der Waals surface area contributed by atoms with Gasteiger partial charge >= 0.3 is 0 Å². The maximum atomic E-state index is 3.46. The number of benzene rings is 1. The Kier molecular flexibility index (Phi) is 5.20. The predicted molar refractivity (Wildman–Crippen MR) is 76.0 cm³/mol. The molecule has 1 nitrogen and oxygen atoms in total. The Morgan fingerprint density at radius 3 is 2.50 bits per heavy atom. The molecule has 1 aromatic rings. The van der Waals surface area contributed by atoms with Gasteiger partial charge in [0, 0.05) is 22.5 Å². The van der Waals surface area contributed by atoms with E-state index in [0.29, 0.717) is 0 Å². The Labute approximate surface area is 111 Å². The van der Waals surface area contributed by atoms with Crippen LogP contribution >= 0.6 is 27.7 Å². The first-order valence-corrected chi connectivity index (χ1v) is 7.84. The SMILES string of the molecule is Brc1ccc(CSCCN2CCCC2)cc1. The van der Waals surface area contributed by atoms with Crippen molar-refractivity contribution < 1.29 is 0 Å². The van der Waals surface area contributed by atoms with Gasteiger partial charge in [0.25, 0.3) is 0 Å². The number of likely N-dealkylation sites (tertiary alicyclic amines) is 1. The van der Waals surface area contributed by atoms with Crippen molar-refractivity contribution in [2.75, 3.05) is 25.4 Å². The monoisotopic (exact) mass is 299 g/mol. The summed E-state index contributed by atoms with van der Waals surface area (Å²) in [6.45, 7) is 3.90. The Morgan fingerprint density at radius 2 is 1.81 bits per heavy atom. The van der Waals surface area contributed by atoms with E-state index in [1.165, 1.54) is 48.3 Å². The first kappa shape index (κ1) is 12.5. The minimum atomic E-state index is 1.14. The van der Waals surface area contributed by atoms with Crippen LogP contribution in [0.15, 0.2) is 28.7 Å². The molecule has 0 amide bonds. The first-order chi connectivity index (χ1) is 7.84. The van der Waals surface area contributed by atoms with Gasteiger partial charge in [0.1, 0.15) is 0 Å². The Balaban J connectivity index is 1.62. The van der Waals surface area contributed by atoms with Crippen LogP contribution in [0.2, 0.25) is 0 Å². The van der Waals surface area contributed by atoms with Crippen molar-refractivity contribution in [2.45, 2.75) is 18.6 Å². The lowest BCUT2D eigenvalue weighted by molar-refractivity contribution is 0.362. The van der Waals surface area contributed by atoms with Crippen LogP contribution in [-0.2, 0) is 5.75 Å². The van der Waals surface area contributed by atoms with E-state index in [4.69, 9.17) is 0 Å². The molecule has 1 aliphatic rings. The smallest absolute Gasteiger partial charge is 0.0185 e. The van der Waals surface area contributed by atoms with Crippen molar-refractivity contribution in [3.63, 3.8) is 0 Å². The van der Waals surface area contributed by atoms with Gasteiger partial charge in [0.05, 0.1) is 0 Å². The minimum Gasteiger partial charge on any atom is -0.303 e. The normalized spacial score (nSPS) is 16.8. The zero-order chi connectivity index (χ0) is 11.2. The molecule has 1 saturated heterocycles. The number of rotatable bonds is 5. The van der Waals surface area contributed by atoms with Gasteiger partial charge in [-0.15, -0.1) is 0 Å². The third-order valence-corrected chi connectivity index (χ3v) is 4.47. The first-order valence-electron chi connectivity index (χ1n) is 5.89. The van der Waals surface area contributed by atoms with E-state index in [9.17, 15) is 0 Å². The summed E-state index contributed by atoms with van der Waals surface area (Å²) in [5, 5.41) is 0. The van der Waals surface area contributed by atoms with E-state index in [1.807, 2.05) is 11.8 Å². The fourth-order valence-corrected chi connectivity index (χ4v) is 3.19. The molecule has 3 heteroatoms. The highest BCUT2D eigenvalue weighted by Crippen LogP contribution is 2.16. The zero-order valence-corrected chi connectivity index (χ0v) is 11.9. The van der Waals surface area contributed by atoms with Crippen LogP contribution in [-0.4, -0.2) is 30.3 Å². The van der Waals surface area contributed by atoms with Gasteiger partial charge in [-0.3, -0.25) is 0 Å². The molecule has 1 fully saturated rings. The summed E-state index contributed by atoms with van der Waals surface area (Å²) in [5.41, 5.74) is 1.43. The molecule has 0 spiro atoms. The van der Waals surface area contributed by atoms with E-state index in [-0.39, 0.29) is 0 Å². The van der Waals surface area contributed by atoms with Crippen LogP contribution in [0, 0.1) is 0 Å². The van der Waals surface area contributed by atoms with Crippen molar-refractivity contribution in [3.8, 4) is 0 Å². The quantitative estimate of drug-likeness (QED) is 0.761. The molecule has 1 aromatic carbocycles. The molecule has 0 unspecified atom stereocenters. The average molecular weight is 300 g/mol. The third kappa shape index (κ3) is 4.11. The summed E-state index contributed by atoms with van der Waals surface area (Å²) in [5.74, 6) is 2.40. The van der Waals surface area contributed by atoms with Crippen LogP contribution in [0.1, 0.15) is 18.4 Å². The van der Waals surface area contributed by atoms with Gasteiger partial charge in [-0.25, -0.2) is 0 Å². The van der Waals surface area contributed by atoms with Crippen molar-refractivity contribution >= 4 is 27.7 Å². The standard InChI is InChI=1S/C13H18BrNS/c14-13-5-3-12(4-6-13)11-16-10-9-15-7-1-2-8-15/h3-6H,1-2,7-11H2. The number of hydrogen-bond donors (Lipinski definition) is 0. The topological polar surface area (TPSA) is 3.24 Å². The molecule has 0 aromatic heterocycles. The highest BCUT2D eigenvalue weighted by atomic mass is 79.9. The van der Waals surface area contributed by atoms with Crippen molar-refractivity contribution in [1.29, 1.82) is 0 Å². The van der Waals surface area contributed by atoms with Crippen LogP contribution < -0.4 is 0 Å². The molecule has 88 valence electrons. The van der Waals surface area contributed by atoms with Crippen LogP contribution in [0.25, 0.3) is 0 Å². The third-order valence-electron chi connectivity index (χ3n) is 2.93. The summed E-state index contributed by atoms with van der Waals surface area (Å²) < 4.78 is 1.17. The average Bonchev–Trinajstić information content (AvgIpc) is 2.80. The van der Waals surface area contributed by atoms with Gasteiger partial charge in [-0.1, -0.05) is 28.1 Å². The highest BCUT2D eigenvalue weighted by Gasteiger charge is 2.10. The van der Waals surface area contributed by atoms with Crippen molar-refractivity contribution in [1.82, 2.24) is 4.90 Å². The summed E-state index contributed by atoms with van der Waals surface area (Å²) in [4.78, 5) is 2.58. The van der Waals surface area contributed by atoms with Gasteiger partial charge in [0.15, 0.2) is 0 Å². The Morgan fingerprint density at radius 1 is 1.12 bits per heavy atom. The molecule has 0 N–H and O–H groups in total. The van der Waals surface area contributed by atoms with Gasteiger partial charge in [0.2, 0.25) is 0 Å². The van der Waals surface area contributed by atoms with E-state index in [0.717, 1.165) is 5.75 Å². The number of halogens is 1. The largest absolute Gasteiger partial charge is 0.303 e. The molecular formula is C13H18BrNS. The fraction of sp³-hybridized carbons (Fsp3) is 0.538. The lowest BCUT2D eigenvalue weighted by atomic mass is 10.2. The second kappa shape index (κ2) is 6.67. The predicted octanol–water partition coefficient (Wildman–Crippen LogP) is 3.78. The van der Waals surface area contributed by atoms with E-state index in [1.54, 1.807) is 0 Å². The summed E-state index contributed by atoms with van der Waals surface area (Å²) in [6.07, 6.45) is 2.80. The summed E-state index contributed by atoms with van der Waals surface area (Å²) >= 11 is 5.50. The maximum Gasteiger partial charge on any atom is 0.0185 e. The molecule has 2 rings (SSSR count). The van der Waals surface area contributed by atoms with Gasteiger partial charge < -0.3 is 4.90 Å². The lowest BCUT2D eigenvalue weighted by Gasteiger charge is -2.13. The molecule has 1 heterocycles. The number of nitrogens with zero attached hydrogens (tertiary/aromatic N) is 1. The Hall–Kier alpha value is 0.01000. The van der Waals surface area contributed by atoms with Crippen LogP contribution in [0.4, 0.5) is 0 Å². The second-order valence-electron chi connectivity index (χ2n) is 4.23.